The van der Waals surface area contributed by atoms with Gasteiger partial charge in [-0.2, -0.15) is 0 Å². The van der Waals surface area contributed by atoms with E-state index in [9.17, 15) is 0 Å². The Hall–Kier alpha value is 0.270. The lowest BCUT2D eigenvalue weighted by Crippen LogP contribution is -2.39. The van der Waals surface area contributed by atoms with Gasteiger partial charge in [0, 0.05) is 0 Å². The Kier molecular flexibility index (Phi) is 4.30. The number of nitrogens with one attached hydrogen (secondary N) is 2. The van der Waals surface area contributed by atoms with E-state index < -0.39 is 0 Å². The lowest BCUT2D eigenvalue weighted by molar-refractivity contribution is 0.291. The number of hydrogen-bond donors (Lipinski definition) is 2. The first-order valence-electron chi connectivity index (χ1n) is 7.60. The summed E-state index contributed by atoms with van der Waals surface area (Å²) in [5, 5.41) is 1.39. The molecule has 0 aromatic heterocycles. The average Bonchev–Trinajstić information content (AvgIpc) is 2.90. The highest BCUT2D eigenvalue weighted by Crippen LogP contribution is 2.39. The molecule has 3 fully saturated rings. The first-order chi connectivity index (χ1) is 8.43. The van der Waals surface area contributed by atoms with Gasteiger partial charge in [0.25, 0.3) is 0 Å². The third-order valence-electron chi connectivity index (χ3n) is 4.82. The second-order valence-electron chi connectivity index (χ2n) is 6.06. The highest BCUT2D eigenvalue weighted by molar-refractivity contribution is 8.00. The standard InChI is InChI=1S/C14H26N2S/c1-3-7-11(8-4-1)13-15-16-14(17-13)12-9-5-2-6-10-12/h11-16H,1-10H2/t13-,14+. The third kappa shape index (κ3) is 2.99. The molecule has 0 unspecified atom stereocenters. The third-order valence-corrected chi connectivity index (χ3v) is 6.41. The summed E-state index contributed by atoms with van der Waals surface area (Å²) in [5.41, 5.74) is 7.17. The Bertz CT molecular complexity index is 210. The SMILES string of the molecule is C1CCC([C@@H]2NN[C@H](C3CCCCC3)S2)CC1. The Morgan fingerprint density at radius 2 is 1.00 bits per heavy atom. The Labute approximate surface area is 110 Å². The first kappa shape index (κ1) is 12.3. The minimum absolute atomic E-state index is 0.697. The van der Waals surface area contributed by atoms with E-state index in [2.05, 4.69) is 22.6 Å². The van der Waals surface area contributed by atoms with E-state index in [0.29, 0.717) is 10.7 Å². The van der Waals surface area contributed by atoms with E-state index in [-0.39, 0.29) is 0 Å². The maximum atomic E-state index is 3.59. The Balaban J connectivity index is 1.50. The van der Waals surface area contributed by atoms with Crippen LogP contribution in [0.25, 0.3) is 0 Å². The van der Waals surface area contributed by atoms with Crippen LogP contribution in [0.1, 0.15) is 64.2 Å². The van der Waals surface area contributed by atoms with Crippen molar-refractivity contribution in [2.75, 3.05) is 0 Å². The maximum Gasteiger partial charge on any atom is 0.0710 e. The minimum Gasteiger partial charge on any atom is -0.243 e. The summed E-state index contributed by atoms with van der Waals surface area (Å²) >= 11 is 2.20. The molecule has 2 atom stereocenters. The smallest absolute Gasteiger partial charge is 0.0710 e. The van der Waals surface area contributed by atoms with E-state index in [1.165, 1.54) is 64.2 Å². The van der Waals surface area contributed by atoms with Gasteiger partial charge in [-0.1, -0.05) is 38.5 Å². The van der Waals surface area contributed by atoms with Gasteiger partial charge >= 0.3 is 0 Å². The monoisotopic (exact) mass is 254 g/mol. The quantitative estimate of drug-likeness (QED) is 0.787. The van der Waals surface area contributed by atoms with Crippen LogP contribution in [0.15, 0.2) is 0 Å². The van der Waals surface area contributed by atoms with Crippen LogP contribution in [-0.4, -0.2) is 10.7 Å². The van der Waals surface area contributed by atoms with Crippen LogP contribution >= 0.6 is 11.8 Å². The van der Waals surface area contributed by atoms with Crippen LogP contribution in [-0.2, 0) is 0 Å². The van der Waals surface area contributed by atoms with Crippen molar-refractivity contribution in [1.82, 2.24) is 10.9 Å². The fourth-order valence-electron chi connectivity index (χ4n) is 3.72. The van der Waals surface area contributed by atoms with Crippen molar-refractivity contribution in [3.05, 3.63) is 0 Å². The molecule has 0 aromatic carbocycles. The summed E-state index contributed by atoms with van der Waals surface area (Å²) in [6, 6.07) is 0. The van der Waals surface area contributed by atoms with Gasteiger partial charge in [0.1, 0.15) is 0 Å². The van der Waals surface area contributed by atoms with Crippen LogP contribution in [0.4, 0.5) is 0 Å². The van der Waals surface area contributed by atoms with Crippen LogP contribution < -0.4 is 10.9 Å². The van der Waals surface area contributed by atoms with Gasteiger partial charge in [-0.3, -0.25) is 0 Å². The molecule has 3 rings (SSSR count). The molecule has 0 spiro atoms. The largest absolute Gasteiger partial charge is 0.243 e. The lowest BCUT2D eigenvalue weighted by Gasteiger charge is -2.28. The second kappa shape index (κ2) is 5.94. The number of hydrogen-bond acceptors (Lipinski definition) is 3. The molecule has 3 aliphatic rings. The fourth-order valence-corrected chi connectivity index (χ4v) is 5.30. The molecule has 98 valence electrons. The molecule has 1 heterocycles. The molecule has 2 N–H and O–H groups in total. The average molecular weight is 254 g/mol. The Morgan fingerprint density at radius 1 is 0.588 bits per heavy atom. The zero-order chi connectivity index (χ0) is 11.5. The molecule has 0 bridgehead atoms. The van der Waals surface area contributed by atoms with Gasteiger partial charge < -0.3 is 0 Å². The normalized spacial score (nSPS) is 37.4. The molecule has 2 saturated carbocycles. The van der Waals surface area contributed by atoms with Crippen molar-refractivity contribution in [3.8, 4) is 0 Å². The topological polar surface area (TPSA) is 24.1 Å². The molecule has 0 radical (unpaired) electrons. The van der Waals surface area contributed by atoms with E-state index >= 15 is 0 Å². The summed E-state index contributed by atoms with van der Waals surface area (Å²) in [5.74, 6) is 1.85. The molecule has 2 aliphatic carbocycles. The van der Waals surface area contributed by atoms with Gasteiger partial charge in [0.2, 0.25) is 0 Å². The molecule has 0 amide bonds. The van der Waals surface area contributed by atoms with Crippen LogP contribution in [0.3, 0.4) is 0 Å². The predicted octanol–water partition coefficient (Wildman–Crippen LogP) is 3.64. The molecule has 17 heavy (non-hydrogen) atoms. The molecule has 1 saturated heterocycles. The van der Waals surface area contributed by atoms with Gasteiger partial charge in [-0.05, 0) is 37.5 Å². The maximum absolute atomic E-state index is 3.59. The van der Waals surface area contributed by atoms with E-state index in [4.69, 9.17) is 0 Å². The van der Waals surface area contributed by atoms with Gasteiger partial charge in [-0.25, -0.2) is 10.9 Å². The molecule has 1 aliphatic heterocycles. The van der Waals surface area contributed by atoms with Crippen molar-refractivity contribution < 1.29 is 0 Å². The summed E-state index contributed by atoms with van der Waals surface area (Å²) in [6.07, 6.45) is 14.5. The molecular formula is C14H26N2S. The number of thioether (sulfide) groups is 1. The fraction of sp³-hybridized carbons (Fsp3) is 1.00. The zero-order valence-electron chi connectivity index (χ0n) is 10.8. The first-order valence-corrected chi connectivity index (χ1v) is 8.54. The predicted molar refractivity (Wildman–Crippen MR) is 74.6 cm³/mol. The molecule has 0 aromatic rings. The van der Waals surface area contributed by atoms with Crippen molar-refractivity contribution in [2.45, 2.75) is 75.0 Å². The summed E-state index contributed by atoms with van der Waals surface area (Å²) in [7, 11) is 0. The highest BCUT2D eigenvalue weighted by atomic mass is 32.2. The summed E-state index contributed by atoms with van der Waals surface area (Å²) < 4.78 is 0. The zero-order valence-corrected chi connectivity index (χ0v) is 11.6. The molecule has 3 heteroatoms. The van der Waals surface area contributed by atoms with E-state index in [0.717, 1.165) is 11.8 Å². The number of rotatable bonds is 2. The van der Waals surface area contributed by atoms with Gasteiger partial charge in [0.15, 0.2) is 0 Å². The van der Waals surface area contributed by atoms with Crippen molar-refractivity contribution in [1.29, 1.82) is 0 Å². The molecular weight excluding hydrogens is 228 g/mol. The lowest BCUT2D eigenvalue weighted by atomic mass is 9.89. The van der Waals surface area contributed by atoms with Crippen LogP contribution in [0.5, 0.6) is 0 Å². The van der Waals surface area contributed by atoms with Crippen molar-refractivity contribution in [2.24, 2.45) is 11.8 Å². The van der Waals surface area contributed by atoms with E-state index in [1.807, 2.05) is 0 Å². The van der Waals surface area contributed by atoms with Gasteiger partial charge in [0.05, 0.1) is 10.7 Å². The minimum atomic E-state index is 0.697. The molecule has 2 nitrogen and oxygen atoms in total. The highest BCUT2D eigenvalue weighted by Gasteiger charge is 2.35. The second-order valence-corrected chi connectivity index (χ2v) is 7.35. The number of hydrazine groups is 1. The van der Waals surface area contributed by atoms with E-state index in [1.54, 1.807) is 0 Å². The Morgan fingerprint density at radius 3 is 1.41 bits per heavy atom. The van der Waals surface area contributed by atoms with Gasteiger partial charge in [-0.15, -0.1) is 11.8 Å². The van der Waals surface area contributed by atoms with Crippen LogP contribution in [0.2, 0.25) is 0 Å². The summed E-state index contributed by atoms with van der Waals surface area (Å²) in [6.45, 7) is 0. The van der Waals surface area contributed by atoms with Crippen LogP contribution in [0, 0.1) is 11.8 Å². The van der Waals surface area contributed by atoms with Crippen molar-refractivity contribution in [3.63, 3.8) is 0 Å². The summed E-state index contributed by atoms with van der Waals surface area (Å²) in [4.78, 5) is 0. The van der Waals surface area contributed by atoms with Crippen molar-refractivity contribution >= 4 is 11.8 Å².